The molecule has 1 aromatic heterocycles. The minimum absolute atomic E-state index is 0. The first kappa shape index (κ1) is 13.3. The van der Waals surface area contributed by atoms with Gasteiger partial charge in [0.1, 0.15) is 5.76 Å². The second-order valence-electron chi connectivity index (χ2n) is 3.31. The van der Waals surface area contributed by atoms with E-state index in [4.69, 9.17) is 4.42 Å². The van der Waals surface area contributed by atoms with E-state index in [0.29, 0.717) is 0 Å². The molecule has 2 nitrogen and oxygen atoms in total. The summed E-state index contributed by atoms with van der Waals surface area (Å²) in [5, 5.41) is 3.31. The van der Waals surface area contributed by atoms with Crippen LogP contribution >= 0.6 is 28.3 Å². The average molecular weight is 303 g/mol. The number of benzene rings is 1. The molecule has 0 radical (unpaired) electrons. The lowest BCUT2D eigenvalue weighted by atomic mass is 10.2. The highest BCUT2D eigenvalue weighted by Gasteiger charge is 1.95. The molecule has 0 aliphatic heterocycles. The summed E-state index contributed by atoms with van der Waals surface area (Å²) in [5.74, 6) is 0.965. The number of hydrogen-bond donors (Lipinski definition) is 1. The molecule has 16 heavy (non-hydrogen) atoms. The van der Waals surface area contributed by atoms with Gasteiger partial charge in [0.05, 0.1) is 12.8 Å². The lowest BCUT2D eigenvalue weighted by molar-refractivity contribution is 0.483. The number of rotatable bonds is 4. The lowest BCUT2D eigenvalue weighted by Crippen LogP contribution is -2.11. The number of halogens is 2. The monoisotopic (exact) mass is 301 g/mol. The van der Waals surface area contributed by atoms with E-state index in [1.54, 1.807) is 6.26 Å². The van der Waals surface area contributed by atoms with Crippen molar-refractivity contribution in [3.8, 4) is 0 Å². The van der Waals surface area contributed by atoms with Gasteiger partial charge in [0.15, 0.2) is 0 Å². The fraction of sp³-hybridized carbons (Fsp3) is 0.167. The minimum atomic E-state index is 0. The van der Waals surface area contributed by atoms with Crippen LogP contribution in [0.1, 0.15) is 11.3 Å². The second kappa shape index (κ2) is 6.74. The summed E-state index contributed by atoms with van der Waals surface area (Å²) in [4.78, 5) is 0. The maximum atomic E-state index is 5.22. The van der Waals surface area contributed by atoms with Crippen LogP contribution < -0.4 is 5.32 Å². The average Bonchev–Trinajstić information content (AvgIpc) is 2.74. The lowest BCUT2D eigenvalue weighted by Gasteiger charge is -2.02. The van der Waals surface area contributed by atoms with Crippen LogP contribution in [0.3, 0.4) is 0 Å². The highest BCUT2D eigenvalue weighted by Crippen LogP contribution is 2.10. The molecule has 0 aliphatic rings. The van der Waals surface area contributed by atoms with Crippen LogP contribution in [0.2, 0.25) is 0 Å². The third-order valence-electron chi connectivity index (χ3n) is 2.12. The van der Waals surface area contributed by atoms with Crippen molar-refractivity contribution in [2.24, 2.45) is 0 Å². The standard InChI is InChI=1S/C12H12BrNO.ClH/c13-11-5-3-10(4-6-11)8-14-9-12-2-1-7-15-12;/h1-7,14H,8-9H2;1H. The van der Waals surface area contributed by atoms with E-state index in [0.717, 1.165) is 23.3 Å². The van der Waals surface area contributed by atoms with E-state index < -0.39 is 0 Å². The van der Waals surface area contributed by atoms with E-state index in [2.05, 4.69) is 33.4 Å². The highest BCUT2D eigenvalue weighted by atomic mass is 79.9. The molecular formula is C12H13BrClNO. The van der Waals surface area contributed by atoms with E-state index in [9.17, 15) is 0 Å². The molecule has 2 rings (SSSR count). The minimum Gasteiger partial charge on any atom is -0.468 e. The van der Waals surface area contributed by atoms with Gasteiger partial charge in [0.2, 0.25) is 0 Å². The van der Waals surface area contributed by atoms with Gasteiger partial charge in [0.25, 0.3) is 0 Å². The molecule has 0 saturated carbocycles. The molecule has 0 fully saturated rings. The molecule has 1 aromatic carbocycles. The Balaban J connectivity index is 0.00000128. The van der Waals surface area contributed by atoms with Crippen molar-refractivity contribution < 1.29 is 4.42 Å². The summed E-state index contributed by atoms with van der Waals surface area (Å²) in [6.45, 7) is 1.62. The molecule has 2 aromatic rings. The SMILES string of the molecule is Brc1ccc(CNCc2ccco2)cc1.Cl. The normalized spacial score (nSPS) is 9.81. The Morgan fingerprint density at radius 3 is 2.44 bits per heavy atom. The van der Waals surface area contributed by atoms with Gasteiger partial charge >= 0.3 is 0 Å². The fourth-order valence-corrected chi connectivity index (χ4v) is 1.61. The Hall–Kier alpha value is -0.770. The molecule has 86 valence electrons. The molecule has 0 aliphatic carbocycles. The van der Waals surface area contributed by atoms with Gasteiger partial charge in [0, 0.05) is 11.0 Å². The first-order valence-corrected chi connectivity index (χ1v) is 5.61. The smallest absolute Gasteiger partial charge is 0.117 e. The Bertz CT molecular complexity index is 399. The molecule has 0 unspecified atom stereocenters. The van der Waals surface area contributed by atoms with Crippen LogP contribution in [-0.2, 0) is 13.1 Å². The number of furan rings is 1. The second-order valence-corrected chi connectivity index (χ2v) is 4.23. The molecule has 1 N–H and O–H groups in total. The molecule has 0 atom stereocenters. The van der Waals surface area contributed by atoms with Crippen molar-refractivity contribution in [3.05, 3.63) is 58.5 Å². The van der Waals surface area contributed by atoms with Gasteiger partial charge in [-0.2, -0.15) is 0 Å². The van der Waals surface area contributed by atoms with Gasteiger partial charge in [-0.05, 0) is 29.8 Å². The molecule has 0 saturated heterocycles. The van der Waals surface area contributed by atoms with Crippen molar-refractivity contribution in [2.45, 2.75) is 13.1 Å². The molecular weight excluding hydrogens is 289 g/mol. The Kier molecular flexibility index (Phi) is 5.60. The van der Waals surface area contributed by atoms with Gasteiger partial charge in [-0.15, -0.1) is 12.4 Å². The van der Waals surface area contributed by atoms with E-state index >= 15 is 0 Å². The molecule has 0 spiro atoms. The van der Waals surface area contributed by atoms with E-state index in [1.807, 2.05) is 24.3 Å². The van der Waals surface area contributed by atoms with Crippen LogP contribution in [0.4, 0.5) is 0 Å². The van der Waals surface area contributed by atoms with Crippen LogP contribution in [0.25, 0.3) is 0 Å². The van der Waals surface area contributed by atoms with Crippen molar-refractivity contribution in [1.29, 1.82) is 0 Å². The van der Waals surface area contributed by atoms with Crippen molar-refractivity contribution in [2.75, 3.05) is 0 Å². The van der Waals surface area contributed by atoms with Crippen LogP contribution in [0.15, 0.2) is 51.6 Å². The molecule has 0 amide bonds. The number of nitrogens with one attached hydrogen (secondary N) is 1. The van der Waals surface area contributed by atoms with E-state index in [-0.39, 0.29) is 12.4 Å². The summed E-state index contributed by atoms with van der Waals surface area (Å²) < 4.78 is 6.33. The van der Waals surface area contributed by atoms with Crippen LogP contribution in [0.5, 0.6) is 0 Å². The number of hydrogen-bond acceptors (Lipinski definition) is 2. The molecule has 4 heteroatoms. The summed E-state index contributed by atoms with van der Waals surface area (Å²) in [5.41, 5.74) is 1.27. The zero-order valence-electron chi connectivity index (χ0n) is 8.65. The maximum Gasteiger partial charge on any atom is 0.117 e. The Labute approximate surface area is 110 Å². The third-order valence-corrected chi connectivity index (χ3v) is 2.65. The van der Waals surface area contributed by atoms with Gasteiger partial charge in [-0.1, -0.05) is 28.1 Å². The fourth-order valence-electron chi connectivity index (χ4n) is 1.35. The predicted molar refractivity (Wildman–Crippen MR) is 70.6 cm³/mol. The quantitative estimate of drug-likeness (QED) is 0.930. The predicted octanol–water partition coefficient (Wildman–Crippen LogP) is 3.75. The largest absolute Gasteiger partial charge is 0.468 e. The van der Waals surface area contributed by atoms with E-state index in [1.165, 1.54) is 5.56 Å². The third kappa shape index (κ3) is 4.00. The van der Waals surface area contributed by atoms with Crippen LogP contribution in [-0.4, -0.2) is 0 Å². The first-order chi connectivity index (χ1) is 7.34. The van der Waals surface area contributed by atoms with Gasteiger partial charge in [-0.25, -0.2) is 0 Å². The summed E-state index contributed by atoms with van der Waals surface area (Å²) in [7, 11) is 0. The summed E-state index contributed by atoms with van der Waals surface area (Å²) in [6.07, 6.45) is 1.69. The van der Waals surface area contributed by atoms with Gasteiger partial charge < -0.3 is 9.73 Å². The van der Waals surface area contributed by atoms with Crippen molar-refractivity contribution >= 4 is 28.3 Å². The highest BCUT2D eigenvalue weighted by molar-refractivity contribution is 9.10. The zero-order chi connectivity index (χ0) is 10.5. The molecule has 1 heterocycles. The molecule has 0 bridgehead atoms. The van der Waals surface area contributed by atoms with Crippen LogP contribution in [0, 0.1) is 0 Å². The maximum absolute atomic E-state index is 5.22. The van der Waals surface area contributed by atoms with Gasteiger partial charge in [-0.3, -0.25) is 0 Å². The first-order valence-electron chi connectivity index (χ1n) is 4.82. The Morgan fingerprint density at radius 2 is 1.81 bits per heavy atom. The summed E-state index contributed by atoms with van der Waals surface area (Å²) in [6, 6.07) is 12.2. The van der Waals surface area contributed by atoms with Crippen molar-refractivity contribution in [1.82, 2.24) is 5.32 Å². The topological polar surface area (TPSA) is 25.2 Å². The zero-order valence-corrected chi connectivity index (χ0v) is 11.1. The van der Waals surface area contributed by atoms with Crippen molar-refractivity contribution in [3.63, 3.8) is 0 Å². The summed E-state index contributed by atoms with van der Waals surface area (Å²) >= 11 is 3.41. The Morgan fingerprint density at radius 1 is 1.06 bits per heavy atom.